The molecule has 4 rings (SSSR count). The average Bonchev–Trinajstić information content (AvgIpc) is 3.34. The maximum atomic E-state index is 4.36. The highest BCUT2D eigenvalue weighted by Crippen LogP contribution is 2.24. The molecule has 0 radical (unpaired) electrons. The van der Waals surface area contributed by atoms with Crippen LogP contribution in [-0.4, -0.2) is 19.7 Å². The summed E-state index contributed by atoms with van der Waals surface area (Å²) in [6.07, 6.45) is 5.05. The van der Waals surface area contributed by atoms with E-state index in [9.17, 15) is 0 Å². The van der Waals surface area contributed by atoms with Crippen LogP contribution in [0.25, 0.3) is 16.3 Å². The lowest BCUT2D eigenvalue weighted by Gasteiger charge is -2.08. The summed E-state index contributed by atoms with van der Waals surface area (Å²) in [7, 11) is 0. The number of aromatic nitrogens is 4. The van der Waals surface area contributed by atoms with Crippen molar-refractivity contribution >= 4 is 17.0 Å². The first kappa shape index (κ1) is 14.6. The van der Waals surface area contributed by atoms with E-state index >= 15 is 0 Å². The van der Waals surface area contributed by atoms with E-state index in [0.29, 0.717) is 0 Å². The van der Waals surface area contributed by atoms with E-state index in [1.165, 1.54) is 11.9 Å². The summed E-state index contributed by atoms with van der Waals surface area (Å²) < 4.78 is 1.74. The zero-order valence-corrected chi connectivity index (χ0v) is 13.6. The Morgan fingerprint density at radius 3 is 2.75 bits per heavy atom. The van der Waals surface area contributed by atoms with E-state index in [4.69, 9.17) is 0 Å². The summed E-state index contributed by atoms with van der Waals surface area (Å²) >= 11 is 1.65. The maximum absolute atomic E-state index is 4.36. The molecule has 0 unspecified atom stereocenters. The van der Waals surface area contributed by atoms with Gasteiger partial charge in [-0.25, -0.2) is 14.6 Å². The highest BCUT2D eigenvalue weighted by Gasteiger charge is 2.02. The Bertz CT molecular complexity index is 899. The molecule has 6 heteroatoms. The zero-order valence-electron chi connectivity index (χ0n) is 12.8. The SMILES string of the molecule is c1cc(NCc2ccc(-n3cncn3)cc2)cc(-c2nccs2)c1. The largest absolute Gasteiger partial charge is 0.381 e. The molecular formula is C18H15N5S. The first-order valence-electron chi connectivity index (χ1n) is 7.56. The van der Waals surface area contributed by atoms with Crippen molar-refractivity contribution in [2.45, 2.75) is 6.54 Å². The van der Waals surface area contributed by atoms with Gasteiger partial charge in [-0.3, -0.25) is 0 Å². The number of rotatable bonds is 5. The van der Waals surface area contributed by atoms with E-state index < -0.39 is 0 Å². The Kier molecular flexibility index (Phi) is 4.04. The average molecular weight is 333 g/mol. The highest BCUT2D eigenvalue weighted by atomic mass is 32.1. The molecule has 118 valence electrons. The summed E-state index contributed by atoms with van der Waals surface area (Å²) in [6.45, 7) is 0.763. The Balaban J connectivity index is 1.44. The molecule has 2 aromatic heterocycles. The van der Waals surface area contributed by atoms with Crippen molar-refractivity contribution in [2.24, 2.45) is 0 Å². The van der Waals surface area contributed by atoms with Gasteiger partial charge in [0, 0.05) is 29.4 Å². The third-order valence-electron chi connectivity index (χ3n) is 3.66. The summed E-state index contributed by atoms with van der Waals surface area (Å²) in [5.74, 6) is 0. The van der Waals surface area contributed by atoms with Crippen LogP contribution < -0.4 is 5.32 Å². The van der Waals surface area contributed by atoms with Gasteiger partial charge in [-0.05, 0) is 29.8 Å². The predicted octanol–water partition coefficient (Wildman–Crippen LogP) is 4.00. The summed E-state index contributed by atoms with van der Waals surface area (Å²) in [5.41, 5.74) is 4.43. The van der Waals surface area contributed by atoms with Gasteiger partial charge in [0.1, 0.15) is 17.7 Å². The van der Waals surface area contributed by atoms with Crippen LogP contribution in [-0.2, 0) is 6.54 Å². The van der Waals surface area contributed by atoms with Gasteiger partial charge in [0.25, 0.3) is 0 Å². The number of hydrogen-bond acceptors (Lipinski definition) is 5. The third kappa shape index (κ3) is 3.18. The van der Waals surface area contributed by atoms with Crippen molar-refractivity contribution in [3.05, 3.63) is 78.3 Å². The van der Waals surface area contributed by atoms with Crippen LogP contribution in [0.3, 0.4) is 0 Å². The number of nitrogens with zero attached hydrogens (tertiary/aromatic N) is 4. The van der Waals surface area contributed by atoms with Gasteiger partial charge in [-0.2, -0.15) is 5.10 Å². The normalized spacial score (nSPS) is 10.7. The Morgan fingerprint density at radius 2 is 2.00 bits per heavy atom. The van der Waals surface area contributed by atoms with Crippen LogP contribution in [0, 0.1) is 0 Å². The molecule has 24 heavy (non-hydrogen) atoms. The molecule has 0 atom stereocenters. The lowest BCUT2D eigenvalue weighted by molar-refractivity contribution is 0.877. The van der Waals surface area contributed by atoms with Crippen LogP contribution in [0.5, 0.6) is 0 Å². The van der Waals surface area contributed by atoms with Gasteiger partial charge in [-0.1, -0.05) is 24.3 Å². The fraction of sp³-hybridized carbons (Fsp3) is 0.0556. The van der Waals surface area contributed by atoms with E-state index in [1.807, 2.05) is 29.8 Å². The Labute approximate surface area is 143 Å². The quantitative estimate of drug-likeness (QED) is 0.600. The first-order chi connectivity index (χ1) is 11.9. The molecule has 0 saturated heterocycles. The minimum absolute atomic E-state index is 0.763. The molecule has 2 heterocycles. The standard InChI is InChI=1S/C18H15N5S/c1-2-15(18-20-8-9-24-18)10-16(3-1)21-11-14-4-6-17(7-5-14)23-13-19-12-22-23/h1-10,12-13,21H,11H2. The molecule has 4 aromatic rings. The lowest BCUT2D eigenvalue weighted by Crippen LogP contribution is -2.00. The van der Waals surface area contributed by atoms with Crippen molar-refractivity contribution in [1.82, 2.24) is 19.7 Å². The molecule has 0 aliphatic heterocycles. The van der Waals surface area contributed by atoms with Gasteiger partial charge in [0.2, 0.25) is 0 Å². The molecule has 0 bridgehead atoms. The number of anilines is 1. The van der Waals surface area contributed by atoms with Gasteiger partial charge in [0.15, 0.2) is 0 Å². The molecule has 0 aliphatic carbocycles. The van der Waals surface area contributed by atoms with Crippen molar-refractivity contribution in [1.29, 1.82) is 0 Å². The van der Waals surface area contributed by atoms with Crippen LogP contribution >= 0.6 is 11.3 Å². The number of thiazole rings is 1. The molecule has 1 N–H and O–H groups in total. The van der Waals surface area contributed by atoms with Crippen LogP contribution in [0.2, 0.25) is 0 Å². The maximum Gasteiger partial charge on any atom is 0.138 e. The van der Waals surface area contributed by atoms with E-state index in [-0.39, 0.29) is 0 Å². The second kappa shape index (κ2) is 6.64. The van der Waals surface area contributed by atoms with Crippen molar-refractivity contribution in [2.75, 3.05) is 5.32 Å². The lowest BCUT2D eigenvalue weighted by atomic mass is 10.2. The van der Waals surface area contributed by atoms with Crippen LogP contribution in [0.15, 0.2) is 72.8 Å². The third-order valence-corrected chi connectivity index (χ3v) is 4.48. The fourth-order valence-electron chi connectivity index (χ4n) is 2.44. The predicted molar refractivity (Wildman–Crippen MR) is 96.2 cm³/mol. The summed E-state index contributed by atoms with van der Waals surface area (Å²) in [5, 5.41) is 10.6. The first-order valence-corrected chi connectivity index (χ1v) is 8.44. The van der Waals surface area contributed by atoms with Crippen molar-refractivity contribution < 1.29 is 0 Å². The van der Waals surface area contributed by atoms with Gasteiger partial charge in [0.05, 0.1) is 5.69 Å². The van der Waals surface area contributed by atoms with E-state index in [2.05, 4.69) is 50.7 Å². The zero-order chi connectivity index (χ0) is 16.2. The molecule has 0 amide bonds. The van der Waals surface area contributed by atoms with Crippen molar-refractivity contribution in [3.8, 4) is 16.3 Å². The molecule has 0 aliphatic rings. The molecule has 0 fully saturated rings. The monoisotopic (exact) mass is 333 g/mol. The molecule has 0 saturated carbocycles. The van der Waals surface area contributed by atoms with Gasteiger partial charge < -0.3 is 5.32 Å². The highest BCUT2D eigenvalue weighted by molar-refractivity contribution is 7.13. The molecule has 2 aromatic carbocycles. The topological polar surface area (TPSA) is 55.6 Å². The second-order valence-electron chi connectivity index (χ2n) is 5.28. The summed E-state index contributed by atoms with van der Waals surface area (Å²) in [6, 6.07) is 16.6. The molecule has 0 spiro atoms. The Hall–Kier alpha value is -2.99. The fourth-order valence-corrected chi connectivity index (χ4v) is 3.08. The number of hydrogen-bond donors (Lipinski definition) is 1. The number of nitrogens with one attached hydrogen (secondary N) is 1. The minimum atomic E-state index is 0.763. The minimum Gasteiger partial charge on any atom is -0.381 e. The smallest absolute Gasteiger partial charge is 0.138 e. The van der Waals surface area contributed by atoms with Crippen LogP contribution in [0.4, 0.5) is 5.69 Å². The second-order valence-corrected chi connectivity index (χ2v) is 6.17. The summed E-state index contributed by atoms with van der Waals surface area (Å²) in [4.78, 5) is 8.32. The molecule has 5 nitrogen and oxygen atoms in total. The number of benzene rings is 2. The molecular weight excluding hydrogens is 318 g/mol. The van der Waals surface area contributed by atoms with Gasteiger partial charge >= 0.3 is 0 Å². The van der Waals surface area contributed by atoms with E-state index in [0.717, 1.165) is 28.5 Å². The van der Waals surface area contributed by atoms with E-state index in [1.54, 1.807) is 22.3 Å². The Morgan fingerprint density at radius 1 is 1.08 bits per heavy atom. The van der Waals surface area contributed by atoms with Crippen LogP contribution in [0.1, 0.15) is 5.56 Å². The van der Waals surface area contributed by atoms with Crippen molar-refractivity contribution in [3.63, 3.8) is 0 Å². The van der Waals surface area contributed by atoms with Gasteiger partial charge in [-0.15, -0.1) is 11.3 Å².